The summed E-state index contributed by atoms with van der Waals surface area (Å²) in [6, 6.07) is 0.165. The second kappa shape index (κ2) is 8.18. The van der Waals surface area contributed by atoms with E-state index in [2.05, 4.69) is 10.3 Å². The summed E-state index contributed by atoms with van der Waals surface area (Å²) in [5.74, 6) is -1.45. The van der Waals surface area contributed by atoms with Gasteiger partial charge in [-0.3, -0.25) is 4.79 Å². The molecule has 0 saturated heterocycles. The Morgan fingerprint density at radius 2 is 1.84 bits per heavy atom. The highest BCUT2D eigenvalue weighted by molar-refractivity contribution is 5.99. The minimum absolute atomic E-state index is 0.165. The molecule has 2 N–H and O–H groups in total. The van der Waals surface area contributed by atoms with Crippen molar-refractivity contribution in [3.63, 3.8) is 0 Å². The predicted octanol–water partition coefficient (Wildman–Crippen LogP) is 2.41. The number of carbonyl (C=O) groups is 3. The summed E-state index contributed by atoms with van der Waals surface area (Å²) < 4.78 is 10.3. The second-order valence-corrected chi connectivity index (χ2v) is 6.38. The number of amides is 1. The van der Waals surface area contributed by atoms with Gasteiger partial charge in [-0.25, -0.2) is 9.59 Å². The molecule has 1 atom stereocenters. The molecule has 1 amide bonds. The third kappa shape index (κ3) is 4.41. The molecule has 1 aromatic heterocycles. The number of hydrogen-bond donors (Lipinski definition) is 2. The number of aryl methyl sites for hydroxylation is 1. The minimum atomic E-state index is -0.901. The first-order chi connectivity index (χ1) is 11.8. The van der Waals surface area contributed by atoms with Gasteiger partial charge in [0.2, 0.25) is 0 Å². The molecular weight excluding hydrogens is 324 g/mol. The van der Waals surface area contributed by atoms with Crippen molar-refractivity contribution in [3.05, 3.63) is 22.5 Å². The van der Waals surface area contributed by atoms with Crippen LogP contribution in [0.15, 0.2) is 0 Å². The van der Waals surface area contributed by atoms with Gasteiger partial charge >= 0.3 is 11.9 Å². The number of esters is 2. The lowest BCUT2D eigenvalue weighted by molar-refractivity contribution is -0.129. The molecule has 2 rings (SSSR count). The maximum absolute atomic E-state index is 12.4. The van der Waals surface area contributed by atoms with E-state index >= 15 is 0 Å². The van der Waals surface area contributed by atoms with Crippen molar-refractivity contribution in [2.45, 2.75) is 65.5 Å². The fourth-order valence-electron chi connectivity index (χ4n) is 3.13. The first-order valence-corrected chi connectivity index (χ1v) is 8.72. The van der Waals surface area contributed by atoms with E-state index in [4.69, 9.17) is 9.47 Å². The Balaban J connectivity index is 2.03. The average Bonchev–Trinajstić information content (AvgIpc) is 3.15. The minimum Gasteiger partial charge on any atom is -0.462 e. The van der Waals surface area contributed by atoms with Crippen molar-refractivity contribution in [3.8, 4) is 0 Å². The molecule has 0 spiro atoms. The third-order valence-corrected chi connectivity index (χ3v) is 4.48. The molecule has 0 radical (unpaired) electrons. The van der Waals surface area contributed by atoms with Crippen LogP contribution in [0.2, 0.25) is 0 Å². The number of ether oxygens (including phenoxy) is 2. The van der Waals surface area contributed by atoms with Crippen molar-refractivity contribution in [2.75, 3.05) is 6.61 Å². The molecule has 138 valence electrons. The highest BCUT2D eigenvalue weighted by atomic mass is 16.5. The second-order valence-electron chi connectivity index (χ2n) is 6.38. The van der Waals surface area contributed by atoms with Crippen LogP contribution in [0, 0.1) is 13.8 Å². The molecule has 1 aliphatic carbocycles. The first-order valence-electron chi connectivity index (χ1n) is 8.72. The third-order valence-electron chi connectivity index (χ3n) is 4.48. The molecule has 25 heavy (non-hydrogen) atoms. The van der Waals surface area contributed by atoms with Gasteiger partial charge < -0.3 is 19.8 Å². The fourth-order valence-corrected chi connectivity index (χ4v) is 3.13. The molecule has 7 nitrogen and oxygen atoms in total. The number of hydrogen-bond acceptors (Lipinski definition) is 5. The summed E-state index contributed by atoms with van der Waals surface area (Å²) in [6.07, 6.45) is 3.24. The molecule has 1 heterocycles. The molecule has 1 aliphatic rings. The van der Waals surface area contributed by atoms with Crippen LogP contribution in [-0.4, -0.2) is 41.6 Å². The molecule has 0 unspecified atom stereocenters. The zero-order valence-corrected chi connectivity index (χ0v) is 15.2. The van der Waals surface area contributed by atoms with Crippen LogP contribution in [0.1, 0.15) is 71.6 Å². The average molecular weight is 350 g/mol. The van der Waals surface area contributed by atoms with Crippen molar-refractivity contribution >= 4 is 17.8 Å². The van der Waals surface area contributed by atoms with E-state index in [0.717, 1.165) is 25.7 Å². The number of H-pyrrole nitrogens is 1. The van der Waals surface area contributed by atoms with Crippen molar-refractivity contribution in [2.24, 2.45) is 0 Å². The molecule has 1 aromatic rings. The molecule has 1 fully saturated rings. The van der Waals surface area contributed by atoms with Gasteiger partial charge in [0.15, 0.2) is 6.10 Å². The van der Waals surface area contributed by atoms with E-state index in [0.29, 0.717) is 16.8 Å². The Kier molecular flexibility index (Phi) is 6.22. The lowest BCUT2D eigenvalue weighted by atomic mass is 10.1. The van der Waals surface area contributed by atoms with Crippen LogP contribution in [0.3, 0.4) is 0 Å². The lowest BCUT2D eigenvalue weighted by Gasteiger charge is -2.17. The fraction of sp³-hybridized carbons (Fsp3) is 0.611. The Morgan fingerprint density at radius 3 is 2.44 bits per heavy atom. The highest BCUT2D eigenvalue weighted by Gasteiger charge is 2.27. The predicted molar refractivity (Wildman–Crippen MR) is 91.5 cm³/mol. The van der Waals surface area contributed by atoms with E-state index in [9.17, 15) is 14.4 Å². The molecular formula is C18H26N2O5. The number of aromatic nitrogens is 1. The van der Waals surface area contributed by atoms with E-state index < -0.39 is 18.0 Å². The quantitative estimate of drug-likeness (QED) is 0.768. The van der Waals surface area contributed by atoms with Crippen LogP contribution >= 0.6 is 0 Å². The maximum atomic E-state index is 12.4. The molecule has 1 saturated carbocycles. The Hall–Kier alpha value is -2.31. The zero-order valence-electron chi connectivity index (χ0n) is 15.2. The molecule has 0 aliphatic heterocycles. The van der Waals surface area contributed by atoms with Crippen molar-refractivity contribution < 1.29 is 23.9 Å². The summed E-state index contributed by atoms with van der Waals surface area (Å²) in [7, 11) is 0. The monoisotopic (exact) mass is 350 g/mol. The van der Waals surface area contributed by atoms with Crippen LogP contribution in [0.5, 0.6) is 0 Å². The van der Waals surface area contributed by atoms with Crippen molar-refractivity contribution in [1.29, 1.82) is 0 Å². The number of carbonyl (C=O) groups excluding carboxylic acids is 3. The van der Waals surface area contributed by atoms with Gasteiger partial charge in [-0.1, -0.05) is 12.8 Å². The van der Waals surface area contributed by atoms with Crippen LogP contribution in [0.4, 0.5) is 0 Å². The van der Waals surface area contributed by atoms with Crippen LogP contribution < -0.4 is 5.32 Å². The smallest absolute Gasteiger partial charge is 0.355 e. The first kappa shape index (κ1) is 19.0. The molecule has 0 aromatic carbocycles. The van der Waals surface area contributed by atoms with Gasteiger partial charge in [-0.2, -0.15) is 0 Å². The van der Waals surface area contributed by atoms with Gasteiger partial charge in [-0.15, -0.1) is 0 Å². The van der Waals surface area contributed by atoms with E-state index in [1.54, 1.807) is 27.7 Å². The summed E-state index contributed by atoms with van der Waals surface area (Å²) in [4.78, 5) is 39.4. The maximum Gasteiger partial charge on any atom is 0.355 e. The van der Waals surface area contributed by atoms with Crippen LogP contribution in [0.25, 0.3) is 0 Å². The van der Waals surface area contributed by atoms with Crippen molar-refractivity contribution in [1.82, 2.24) is 10.3 Å². The topological polar surface area (TPSA) is 97.5 Å². The van der Waals surface area contributed by atoms with Crippen LogP contribution in [-0.2, 0) is 14.3 Å². The number of nitrogens with one attached hydrogen (secondary N) is 2. The molecule has 0 bridgehead atoms. The van der Waals surface area contributed by atoms with E-state index in [1.807, 2.05) is 0 Å². The normalized spacial score (nSPS) is 15.7. The van der Waals surface area contributed by atoms with E-state index in [-0.39, 0.29) is 24.2 Å². The number of rotatable bonds is 6. The summed E-state index contributed by atoms with van der Waals surface area (Å²) in [5, 5.41) is 2.90. The van der Waals surface area contributed by atoms with Gasteiger partial charge in [-0.05, 0) is 46.1 Å². The SMILES string of the molecule is CCOC(=O)c1c(C)[nH]c(C(=O)O[C@@H](C)C(=O)NC2CCCC2)c1C. The lowest BCUT2D eigenvalue weighted by Crippen LogP contribution is -2.40. The van der Waals surface area contributed by atoms with E-state index in [1.165, 1.54) is 0 Å². The standard InChI is InChI=1S/C18H26N2O5/c1-5-24-17(22)14-10(2)15(19-11(14)3)18(23)25-12(4)16(21)20-13-8-6-7-9-13/h12-13,19H,5-9H2,1-4H3,(H,20,21)/t12-/m0/s1. The molecule has 7 heteroatoms. The van der Waals surface area contributed by atoms with Gasteiger partial charge in [0, 0.05) is 11.7 Å². The Labute approximate surface area is 147 Å². The Bertz CT molecular complexity index is 659. The number of aromatic amines is 1. The summed E-state index contributed by atoms with van der Waals surface area (Å²) in [6.45, 7) is 6.84. The van der Waals surface area contributed by atoms with Gasteiger partial charge in [0.05, 0.1) is 12.2 Å². The van der Waals surface area contributed by atoms with Gasteiger partial charge in [0.1, 0.15) is 5.69 Å². The Morgan fingerprint density at radius 1 is 1.20 bits per heavy atom. The zero-order chi connectivity index (χ0) is 18.6. The summed E-state index contributed by atoms with van der Waals surface area (Å²) in [5.41, 5.74) is 1.49. The summed E-state index contributed by atoms with van der Waals surface area (Å²) >= 11 is 0. The largest absolute Gasteiger partial charge is 0.462 e. The highest BCUT2D eigenvalue weighted by Crippen LogP contribution is 2.21. The van der Waals surface area contributed by atoms with Gasteiger partial charge in [0.25, 0.3) is 5.91 Å².